The molecule has 158 valence electrons. The zero-order valence-electron chi connectivity index (χ0n) is 17.7. The van der Waals surface area contributed by atoms with Gasteiger partial charge in [0.2, 0.25) is 0 Å². The SMILES string of the molecule is CN=C(NCc1cccc(CN2CCC(C)CC2)c1)NC(C)CCS(C)(=O)=O. The van der Waals surface area contributed by atoms with E-state index >= 15 is 0 Å². The molecule has 0 bridgehead atoms. The first kappa shape index (κ1) is 22.7. The lowest BCUT2D eigenvalue weighted by Gasteiger charge is -2.30. The van der Waals surface area contributed by atoms with E-state index in [4.69, 9.17) is 0 Å². The van der Waals surface area contributed by atoms with Crippen molar-refractivity contribution in [3.05, 3.63) is 35.4 Å². The molecule has 0 radical (unpaired) electrons. The summed E-state index contributed by atoms with van der Waals surface area (Å²) in [5, 5.41) is 6.59. The molecule has 7 heteroatoms. The van der Waals surface area contributed by atoms with Crippen molar-refractivity contribution in [1.29, 1.82) is 0 Å². The van der Waals surface area contributed by atoms with E-state index in [1.54, 1.807) is 7.05 Å². The van der Waals surface area contributed by atoms with E-state index in [9.17, 15) is 8.42 Å². The molecule has 28 heavy (non-hydrogen) atoms. The fraction of sp³-hybridized carbons (Fsp3) is 0.667. The lowest BCUT2D eigenvalue weighted by atomic mass is 9.98. The van der Waals surface area contributed by atoms with Gasteiger partial charge in [0.15, 0.2) is 5.96 Å². The van der Waals surface area contributed by atoms with Crippen LogP contribution < -0.4 is 10.6 Å². The molecular weight excluding hydrogens is 372 g/mol. The van der Waals surface area contributed by atoms with Gasteiger partial charge < -0.3 is 10.6 Å². The molecule has 1 unspecified atom stereocenters. The van der Waals surface area contributed by atoms with E-state index in [1.807, 2.05) is 6.92 Å². The molecule has 1 aromatic rings. The Labute approximate surface area is 170 Å². The lowest BCUT2D eigenvalue weighted by molar-refractivity contribution is 0.185. The number of hydrogen-bond donors (Lipinski definition) is 2. The van der Waals surface area contributed by atoms with Crippen LogP contribution in [0.25, 0.3) is 0 Å². The second kappa shape index (κ2) is 10.8. The van der Waals surface area contributed by atoms with Crippen molar-refractivity contribution in [2.45, 2.75) is 52.2 Å². The number of rotatable bonds is 8. The highest BCUT2D eigenvalue weighted by Crippen LogP contribution is 2.18. The number of likely N-dealkylation sites (tertiary alicyclic amines) is 1. The van der Waals surface area contributed by atoms with Gasteiger partial charge in [-0.05, 0) is 56.3 Å². The summed E-state index contributed by atoms with van der Waals surface area (Å²) in [6.45, 7) is 8.38. The van der Waals surface area contributed by atoms with Gasteiger partial charge in [-0.3, -0.25) is 9.89 Å². The normalized spacial score (nSPS) is 18.1. The largest absolute Gasteiger partial charge is 0.354 e. The Morgan fingerprint density at radius 3 is 2.61 bits per heavy atom. The van der Waals surface area contributed by atoms with Crippen molar-refractivity contribution in [2.24, 2.45) is 10.9 Å². The molecule has 1 aliphatic rings. The Morgan fingerprint density at radius 2 is 1.96 bits per heavy atom. The van der Waals surface area contributed by atoms with Crippen LogP contribution in [0, 0.1) is 5.92 Å². The van der Waals surface area contributed by atoms with E-state index in [0.717, 1.165) is 12.5 Å². The smallest absolute Gasteiger partial charge is 0.191 e. The van der Waals surface area contributed by atoms with Crippen LogP contribution in [0.15, 0.2) is 29.3 Å². The predicted octanol–water partition coefficient (Wildman–Crippen LogP) is 2.41. The fourth-order valence-corrected chi connectivity index (χ4v) is 4.17. The topological polar surface area (TPSA) is 73.8 Å². The molecule has 0 aliphatic carbocycles. The van der Waals surface area contributed by atoms with E-state index in [-0.39, 0.29) is 11.8 Å². The molecule has 0 aromatic heterocycles. The summed E-state index contributed by atoms with van der Waals surface area (Å²) in [6, 6.07) is 8.72. The van der Waals surface area contributed by atoms with Crippen LogP contribution in [-0.2, 0) is 22.9 Å². The van der Waals surface area contributed by atoms with Gasteiger partial charge in [-0.25, -0.2) is 8.42 Å². The van der Waals surface area contributed by atoms with Gasteiger partial charge in [-0.2, -0.15) is 0 Å². The maximum Gasteiger partial charge on any atom is 0.191 e. The predicted molar refractivity (Wildman–Crippen MR) is 117 cm³/mol. The van der Waals surface area contributed by atoms with Crippen LogP contribution >= 0.6 is 0 Å². The van der Waals surface area contributed by atoms with E-state index in [1.165, 1.54) is 43.3 Å². The third kappa shape index (κ3) is 8.61. The van der Waals surface area contributed by atoms with Gasteiger partial charge in [-0.1, -0.05) is 31.2 Å². The molecule has 6 nitrogen and oxygen atoms in total. The van der Waals surface area contributed by atoms with Crippen molar-refractivity contribution in [1.82, 2.24) is 15.5 Å². The summed E-state index contributed by atoms with van der Waals surface area (Å²) in [6.07, 6.45) is 4.41. The maximum absolute atomic E-state index is 11.3. The maximum atomic E-state index is 11.3. The van der Waals surface area contributed by atoms with Crippen molar-refractivity contribution < 1.29 is 8.42 Å². The Hall–Kier alpha value is -1.60. The fourth-order valence-electron chi connectivity index (χ4n) is 3.39. The van der Waals surface area contributed by atoms with Crippen LogP contribution in [0.3, 0.4) is 0 Å². The number of piperidine rings is 1. The Bertz CT molecular complexity index is 741. The second-order valence-electron chi connectivity index (χ2n) is 8.17. The number of sulfone groups is 1. The summed E-state index contributed by atoms with van der Waals surface area (Å²) in [4.78, 5) is 6.79. The second-order valence-corrected chi connectivity index (χ2v) is 10.4. The summed E-state index contributed by atoms with van der Waals surface area (Å²) < 4.78 is 22.6. The molecule has 1 aromatic carbocycles. The summed E-state index contributed by atoms with van der Waals surface area (Å²) in [5.41, 5.74) is 2.56. The van der Waals surface area contributed by atoms with E-state index in [2.05, 4.69) is 51.7 Å². The Morgan fingerprint density at radius 1 is 1.29 bits per heavy atom. The quantitative estimate of drug-likeness (QED) is 0.510. The van der Waals surface area contributed by atoms with Crippen LogP contribution in [0.1, 0.15) is 44.2 Å². The highest BCUT2D eigenvalue weighted by molar-refractivity contribution is 7.90. The number of nitrogens with zero attached hydrogens (tertiary/aromatic N) is 2. The van der Waals surface area contributed by atoms with Crippen LogP contribution in [0.4, 0.5) is 0 Å². The van der Waals surface area contributed by atoms with E-state index in [0.29, 0.717) is 18.9 Å². The van der Waals surface area contributed by atoms with E-state index < -0.39 is 9.84 Å². The summed E-state index contributed by atoms with van der Waals surface area (Å²) in [7, 11) is -1.21. The molecule has 0 spiro atoms. The average molecular weight is 409 g/mol. The van der Waals surface area contributed by atoms with Crippen LogP contribution in [0.5, 0.6) is 0 Å². The average Bonchev–Trinajstić information content (AvgIpc) is 2.65. The molecule has 1 heterocycles. The number of benzene rings is 1. The number of hydrogen-bond acceptors (Lipinski definition) is 4. The van der Waals surface area contributed by atoms with Gasteiger partial charge >= 0.3 is 0 Å². The summed E-state index contributed by atoms with van der Waals surface area (Å²) in [5.74, 6) is 1.72. The number of guanidine groups is 1. The number of aliphatic imine (C=N–C) groups is 1. The molecular formula is C21H36N4O2S. The molecule has 2 rings (SSSR count). The zero-order valence-corrected chi connectivity index (χ0v) is 18.6. The highest BCUT2D eigenvalue weighted by atomic mass is 32.2. The van der Waals surface area contributed by atoms with Crippen LogP contribution in [-0.4, -0.2) is 57.5 Å². The first-order chi connectivity index (χ1) is 13.2. The van der Waals surface area contributed by atoms with Gasteiger partial charge in [0.25, 0.3) is 0 Å². The van der Waals surface area contributed by atoms with Gasteiger partial charge in [0.1, 0.15) is 9.84 Å². The molecule has 0 saturated carbocycles. The minimum atomic E-state index is -2.94. The Balaban J connectivity index is 1.82. The Kier molecular flexibility index (Phi) is 8.76. The monoisotopic (exact) mass is 408 g/mol. The van der Waals surface area contributed by atoms with Gasteiger partial charge in [-0.15, -0.1) is 0 Å². The zero-order chi connectivity index (χ0) is 20.6. The minimum Gasteiger partial charge on any atom is -0.354 e. The molecule has 1 aliphatic heterocycles. The first-order valence-electron chi connectivity index (χ1n) is 10.2. The van der Waals surface area contributed by atoms with Gasteiger partial charge in [0, 0.05) is 32.4 Å². The van der Waals surface area contributed by atoms with Crippen molar-refractivity contribution in [3.8, 4) is 0 Å². The van der Waals surface area contributed by atoms with Crippen molar-refractivity contribution in [3.63, 3.8) is 0 Å². The van der Waals surface area contributed by atoms with Gasteiger partial charge in [0.05, 0.1) is 5.75 Å². The standard InChI is InChI=1S/C21H36N4O2S/c1-17-8-11-25(12-9-17)16-20-7-5-6-19(14-20)15-23-21(22-3)24-18(2)10-13-28(4,26)27/h5-7,14,17-18H,8-13,15-16H2,1-4H3,(H2,22,23,24). The van der Waals surface area contributed by atoms with Crippen molar-refractivity contribution in [2.75, 3.05) is 32.1 Å². The number of nitrogens with one attached hydrogen (secondary N) is 2. The third-order valence-corrected chi connectivity index (χ3v) is 6.24. The summed E-state index contributed by atoms with van der Waals surface area (Å²) >= 11 is 0. The molecule has 0 amide bonds. The first-order valence-corrected chi connectivity index (χ1v) is 12.3. The molecule has 2 N–H and O–H groups in total. The molecule has 1 fully saturated rings. The van der Waals surface area contributed by atoms with Crippen molar-refractivity contribution >= 4 is 15.8 Å². The highest BCUT2D eigenvalue weighted by Gasteiger charge is 2.15. The molecule has 1 atom stereocenters. The minimum absolute atomic E-state index is 0.0359. The van der Waals surface area contributed by atoms with Crippen LogP contribution in [0.2, 0.25) is 0 Å². The third-order valence-electron chi connectivity index (χ3n) is 5.26. The lowest BCUT2D eigenvalue weighted by Crippen LogP contribution is -2.42. The molecule has 1 saturated heterocycles.